The Labute approximate surface area is 101 Å². The molecule has 1 aromatic rings. The van der Waals surface area contributed by atoms with Gasteiger partial charge in [-0.3, -0.25) is 4.90 Å². The molecular formula is C12H20N4O. The highest BCUT2D eigenvalue weighted by Crippen LogP contribution is 2.35. The van der Waals surface area contributed by atoms with E-state index in [0.29, 0.717) is 18.1 Å². The van der Waals surface area contributed by atoms with Gasteiger partial charge < -0.3 is 10.2 Å². The maximum atomic E-state index is 6.06. The van der Waals surface area contributed by atoms with E-state index in [1.807, 2.05) is 6.92 Å². The van der Waals surface area contributed by atoms with Crippen LogP contribution >= 0.6 is 0 Å². The van der Waals surface area contributed by atoms with Gasteiger partial charge in [0.15, 0.2) is 0 Å². The number of nitrogens with zero attached hydrogens (tertiary/aromatic N) is 3. The minimum absolute atomic E-state index is 0.387. The molecule has 0 radical (unpaired) electrons. The molecule has 2 unspecified atom stereocenters. The van der Waals surface area contributed by atoms with Crippen LogP contribution in [-0.2, 0) is 13.0 Å². The number of rotatable bonds is 3. The summed E-state index contributed by atoms with van der Waals surface area (Å²) >= 11 is 0. The van der Waals surface area contributed by atoms with E-state index in [4.69, 9.17) is 10.2 Å². The summed E-state index contributed by atoms with van der Waals surface area (Å²) in [6.45, 7) is 2.83. The van der Waals surface area contributed by atoms with Crippen molar-refractivity contribution in [3.63, 3.8) is 0 Å². The molecule has 0 aromatic carbocycles. The Morgan fingerprint density at radius 2 is 1.88 bits per heavy atom. The van der Waals surface area contributed by atoms with E-state index in [1.54, 1.807) is 0 Å². The van der Waals surface area contributed by atoms with Gasteiger partial charge in [-0.2, -0.15) is 0 Å². The fourth-order valence-corrected chi connectivity index (χ4v) is 3.23. The molecule has 2 aliphatic heterocycles. The van der Waals surface area contributed by atoms with Crippen LogP contribution < -0.4 is 5.73 Å². The normalized spacial score (nSPS) is 33.2. The lowest BCUT2D eigenvalue weighted by Gasteiger charge is -2.36. The van der Waals surface area contributed by atoms with Crippen molar-refractivity contribution in [3.05, 3.63) is 11.8 Å². The van der Waals surface area contributed by atoms with Crippen molar-refractivity contribution < 1.29 is 4.42 Å². The standard InChI is InChI=1S/C12H20N4O/c1-2-11-14-15-12(17-11)7-16-9-3-4-10(16)6-8(13)5-9/h8-10H,2-7,13H2,1H3. The van der Waals surface area contributed by atoms with Crippen molar-refractivity contribution in [3.8, 4) is 0 Å². The van der Waals surface area contributed by atoms with Gasteiger partial charge in [-0.05, 0) is 25.7 Å². The molecule has 1 aromatic heterocycles. The summed E-state index contributed by atoms with van der Waals surface area (Å²) in [6, 6.07) is 1.64. The molecule has 3 heterocycles. The van der Waals surface area contributed by atoms with Gasteiger partial charge >= 0.3 is 0 Å². The third-order valence-electron chi connectivity index (χ3n) is 4.05. The summed E-state index contributed by atoms with van der Waals surface area (Å²) in [7, 11) is 0. The molecule has 2 fully saturated rings. The Kier molecular flexibility index (Phi) is 2.88. The van der Waals surface area contributed by atoms with Crippen molar-refractivity contribution in [2.75, 3.05) is 0 Å². The summed E-state index contributed by atoms with van der Waals surface area (Å²) in [5.41, 5.74) is 6.06. The smallest absolute Gasteiger partial charge is 0.230 e. The predicted octanol–water partition coefficient (Wildman–Crippen LogP) is 1.09. The molecule has 2 atom stereocenters. The molecule has 5 heteroatoms. The molecule has 2 bridgehead atoms. The molecule has 0 aliphatic carbocycles. The zero-order valence-corrected chi connectivity index (χ0v) is 10.3. The zero-order chi connectivity index (χ0) is 11.8. The van der Waals surface area contributed by atoms with Crippen LogP contribution in [0.4, 0.5) is 0 Å². The fraction of sp³-hybridized carbons (Fsp3) is 0.833. The number of nitrogens with two attached hydrogens (primary N) is 1. The lowest BCUT2D eigenvalue weighted by Crippen LogP contribution is -2.46. The van der Waals surface area contributed by atoms with E-state index in [2.05, 4.69) is 15.1 Å². The van der Waals surface area contributed by atoms with Gasteiger partial charge in [0.25, 0.3) is 0 Å². The molecule has 2 saturated heterocycles. The first kappa shape index (κ1) is 11.2. The van der Waals surface area contributed by atoms with Crippen LogP contribution in [0.5, 0.6) is 0 Å². The van der Waals surface area contributed by atoms with E-state index >= 15 is 0 Å². The number of aromatic nitrogens is 2. The number of hydrogen-bond donors (Lipinski definition) is 1. The van der Waals surface area contributed by atoms with E-state index < -0.39 is 0 Å². The minimum Gasteiger partial charge on any atom is -0.424 e. The SMILES string of the molecule is CCc1nnc(CN2C3CCC2CC(N)C3)o1. The number of fused-ring (bicyclic) bond motifs is 2. The number of aryl methyl sites for hydroxylation is 1. The van der Waals surface area contributed by atoms with Crippen molar-refractivity contribution in [1.29, 1.82) is 0 Å². The van der Waals surface area contributed by atoms with Crippen LogP contribution in [0.15, 0.2) is 4.42 Å². The molecule has 2 N–H and O–H groups in total. The Morgan fingerprint density at radius 1 is 1.24 bits per heavy atom. The summed E-state index contributed by atoms with van der Waals surface area (Å²) in [4.78, 5) is 2.51. The van der Waals surface area contributed by atoms with Gasteiger partial charge in [0.05, 0.1) is 6.54 Å². The lowest BCUT2D eigenvalue weighted by atomic mass is 9.98. The summed E-state index contributed by atoms with van der Waals surface area (Å²) in [5, 5.41) is 8.12. The van der Waals surface area contributed by atoms with Crippen molar-refractivity contribution >= 4 is 0 Å². The molecule has 5 nitrogen and oxygen atoms in total. The Bertz CT molecular complexity index is 378. The molecule has 3 rings (SSSR count). The average Bonchev–Trinajstić information content (AvgIpc) is 2.85. The van der Waals surface area contributed by atoms with Gasteiger partial charge in [0.1, 0.15) is 0 Å². The van der Waals surface area contributed by atoms with E-state index in [-0.39, 0.29) is 0 Å². The van der Waals surface area contributed by atoms with Gasteiger partial charge in [0.2, 0.25) is 11.8 Å². The molecule has 0 spiro atoms. The summed E-state index contributed by atoms with van der Waals surface area (Å²) in [6.07, 6.45) is 5.58. The second-order valence-corrected chi connectivity index (χ2v) is 5.23. The van der Waals surface area contributed by atoms with Crippen LogP contribution in [0.2, 0.25) is 0 Å². The minimum atomic E-state index is 0.387. The lowest BCUT2D eigenvalue weighted by molar-refractivity contribution is 0.108. The quantitative estimate of drug-likeness (QED) is 0.850. The average molecular weight is 236 g/mol. The highest BCUT2D eigenvalue weighted by atomic mass is 16.4. The Balaban J connectivity index is 1.69. The third kappa shape index (κ3) is 2.09. The van der Waals surface area contributed by atoms with E-state index in [9.17, 15) is 0 Å². The fourth-order valence-electron chi connectivity index (χ4n) is 3.23. The van der Waals surface area contributed by atoms with Crippen LogP contribution in [0, 0.1) is 0 Å². The van der Waals surface area contributed by atoms with Crippen LogP contribution in [0.1, 0.15) is 44.4 Å². The van der Waals surface area contributed by atoms with Gasteiger partial charge in [-0.15, -0.1) is 10.2 Å². The predicted molar refractivity (Wildman–Crippen MR) is 63.2 cm³/mol. The van der Waals surface area contributed by atoms with Crippen molar-refractivity contribution in [2.24, 2.45) is 5.73 Å². The van der Waals surface area contributed by atoms with E-state index in [0.717, 1.165) is 37.6 Å². The molecular weight excluding hydrogens is 216 g/mol. The molecule has 94 valence electrons. The van der Waals surface area contributed by atoms with Crippen LogP contribution in [-0.4, -0.2) is 33.2 Å². The second-order valence-electron chi connectivity index (χ2n) is 5.23. The molecule has 0 saturated carbocycles. The van der Waals surface area contributed by atoms with Crippen molar-refractivity contribution in [2.45, 2.75) is 63.7 Å². The topological polar surface area (TPSA) is 68.2 Å². The van der Waals surface area contributed by atoms with Gasteiger partial charge in [0, 0.05) is 24.5 Å². The molecule has 17 heavy (non-hydrogen) atoms. The second kappa shape index (κ2) is 4.38. The monoisotopic (exact) mass is 236 g/mol. The van der Waals surface area contributed by atoms with Gasteiger partial charge in [-0.1, -0.05) is 6.92 Å². The number of piperidine rings is 1. The highest BCUT2D eigenvalue weighted by Gasteiger charge is 2.40. The Hall–Kier alpha value is -0.940. The first-order chi connectivity index (χ1) is 8.26. The first-order valence-corrected chi connectivity index (χ1v) is 6.59. The maximum Gasteiger partial charge on any atom is 0.230 e. The third-order valence-corrected chi connectivity index (χ3v) is 4.05. The summed E-state index contributed by atoms with van der Waals surface area (Å²) < 4.78 is 5.59. The van der Waals surface area contributed by atoms with Crippen molar-refractivity contribution in [1.82, 2.24) is 15.1 Å². The highest BCUT2D eigenvalue weighted by molar-refractivity contribution is 4.98. The first-order valence-electron chi connectivity index (χ1n) is 6.59. The molecule has 2 aliphatic rings. The maximum absolute atomic E-state index is 6.06. The van der Waals surface area contributed by atoms with Crippen LogP contribution in [0.25, 0.3) is 0 Å². The largest absolute Gasteiger partial charge is 0.424 e. The Morgan fingerprint density at radius 3 is 2.47 bits per heavy atom. The number of hydrogen-bond acceptors (Lipinski definition) is 5. The van der Waals surface area contributed by atoms with Crippen LogP contribution in [0.3, 0.4) is 0 Å². The molecule has 0 amide bonds. The summed E-state index contributed by atoms with van der Waals surface area (Å²) in [5.74, 6) is 1.50. The zero-order valence-electron chi connectivity index (χ0n) is 10.3. The van der Waals surface area contributed by atoms with Gasteiger partial charge in [-0.25, -0.2) is 0 Å². The van der Waals surface area contributed by atoms with E-state index in [1.165, 1.54) is 12.8 Å².